The predicted octanol–water partition coefficient (Wildman–Crippen LogP) is 3.71. The highest BCUT2D eigenvalue weighted by atomic mass is 32.1. The molecule has 0 fully saturated rings. The summed E-state index contributed by atoms with van der Waals surface area (Å²) in [6.45, 7) is 1.95. The largest absolute Gasteiger partial charge is 0.497 e. The fraction of sp³-hybridized carbons (Fsp3) is 0.150. The first-order chi connectivity index (χ1) is 13.5. The highest BCUT2D eigenvalue weighted by Crippen LogP contribution is 2.36. The molecule has 1 aromatic heterocycles. The van der Waals surface area contributed by atoms with E-state index in [2.05, 4.69) is 15.6 Å². The van der Waals surface area contributed by atoms with Gasteiger partial charge in [0, 0.05) is 16.0 Å². The summed E-state index contributed by atoms with van der Waals surface area (Å²) in [6.07, 6.45) is 0. The zero-order valence-corrected chi connectivity index (χ0v) is 16.1. The van der Waals surface area contributed by atoms with Crippen LogP contribution in [0, 0.1) is 6.92 Å². The molecule has 142 valence electrons. The van der Waals surface area contributed by atoms with Crippen LogP contribution in [0.4, 0.5) is 10.8 Å². The van der Waals surface area contributed by atoms with Crippen molar-refractivity contribution >= 4 is 34.0 Å². The maximum Gasteiger partial charge on any atom is 0.262 e. The fourth-order valence-electron chi connectivity index (χ4n) is 2.88. The second-order valence-corrected chi connectivity index (χ2v) is 7.36. The fourth-order valence-corrected chi connectivity index (χ4v) is 3.71. The van der Waals surface area contributed by atoms with Gasteiger partial charge in [-0.05, 0) is 43.3 Å². The van der Waals surface area contributed by atoms with Gasteiger partial charge in [0.2, 0.25) is 0 Å². The molecule has 0 unspecified atom stereocenters. The van der Waals surface area contributed by atoms with E-state index in [1.807, 2.05) is 19.1 Å². The van der Waals surface area contributed by atoms with Gasteiger partial charge in [0.25, 0.3) is 11.8 Å². The topological polar surface area (TPSA) is 89.5 Å². The molecule has 0 saturated carbocycles. The molecule has 0 saturated heterocycles. The number of fused-ring (bicyclic) bond motifs is 1. The number of ether oxygens (including phenoxy) is 2. The van der Waals surface area contributed by atoms with Gasteiger partial charge in [-0.1, -0.05) is 6.07 Å². The lowest BCUT2D eigenvalue weighted by molar-refractivity contribution is -0.118. The third-order valence-electron chi connectivity index (χ3n) is 4.23. The molecule has 0 radical (unpaired) electrons. The van der Waals surface area contributed by atoms with E-state index in [4.69, 9.17) is 9.47 Å². The summed E-state index contributed by atoms with van der Waals surface area (Å²) in [5, 5.41) is 6.12. The molecular weight excluding hydrogens is 378 g/mol. The molecule has 1 aliphatic rings. The van der Waals surface area contributed by atoms with Crippen LogP contribution in [-0.4, -0.2) is 30.5 Å². The number of thiazole rings is 1. The molecule has 4 rings (SSSR count). The van der Waals surface area contributed by atoms with E-state index >= 15 is 0 Å². The molecule has 2 heterocycles. The summed E-state index contributed by atoms with van der Waals surface area (Å²) in [4.78, 5) is 29.5. The Morgan fingerprint density at radius 2 is 2.14 bits per heavy atom. The Morgan fingerprint density at radius 1 is 1.29 bits per heavy atom. The zero-order valence-electron chi connectivity index (χ0n) is 15.2. The number of nitrogens with zero attached hydrogens (tertiary/aromatic N) is 1. The lowest BCUT2D eigenvalue weighted by atomic mass is 10.1. The van der Waals surface area contributed by atoms with Crippen LogP contribution in [0.1, 0.15) is 15.2 Å². The summed E-state index contributed by atoms with van der Waals surface area (Å²) in [5.41, 5.74) is 2.68. The molecule has 2 amide bonds. The minimum atomic E-state index is -0.259. The highest BCUT2D eigenvalue weighted by Gasteiger charge is 2.19. The quantitative estimate of drug-likeness (QED) is 0.703. The summed E-state index contributed by atoms with van der Waals surface area (Å²) < 4.78 is 10.5. The molecule has 8 heteroatoms. The highest BCUT2D eigenvalue weighted by molar-refractivity contribution is 7.16. The molecule has 0 spiro atoms. The van der Waals surface area contributed by atoms with Crippen molar-refractivity contribution in [1.29, 1.82) is 0 Å². The smallest absolute Gasteiger partial charge is 0.262 e. The number of carbonyl (C=O) groups excluding carboxylic acids is 2. The minimum Gasteiger partial charge on any atom is -0.497 e. The number of amides is 2. The second kappa shape index (κ2) is 7.32. The predicted molar refractivity (Wildman–Crippen MR) is 107 cm³/mol. The van der Waals surface area contributed by atoms with Crippen molar-refractivity contribution in [3.8, 4) is 22.8 Å². The van der Waals surface area contributed by atoms with Crippen molar-refractivity contribution in [1.82, 2.24) is 4.98 Å². The number of carbonyl (C=O) groups is 2. The first kappa shape index (κ1) is 18.0. The second-order valence-electron chi connectivity index (χ2n) is 6.16. The van der Waals surface area contributed by atoms with Gasteiger partial charge in [-0.15, -0.1) is 11.3 Å². The third kappa shape index (κ3) is 3.54. The standard InChI is InChI=1S/C20H17N3O4S/c1-11-18(12-6-7-16-15(9-12)21-17(24)10-27-16)22-20(28-11)23-19(25)13-4-3-5-14(8-13)26-2/h3-9H,10H2,1-2H3,(H,21,24)(H,22,23,25). The molecule has 7 nitrogen and oxygen atoms in total. The van der Waals surface area contributed by atoms with Crippen LogP contribution in [0.25, 0.3) is 11.3 Å². The van der Waals surface area contributed by atoms with Crippen LogP contribution in [0.15, 0.2) is 42.5 Å². The van der Waals surface area contributed by atoms with Crippen LogP contribution in [-0.2, 0) is 4.79 Å². The van der Waals surface area contributed by atoms with Gasteiger partial charge in [-0.2, -0.15) is 0 Å². The number of anilines is 2. The van der Waals surface area contributed by atoms with Crippen molar-refractivity contribution < 1.29 is 19.1 Å². The van der Waals surface area contributed by atoms with Crippen LogP contribution < -0.4 is 20.1 Å². The van der Waals surface area contributed by atoms with Gasteiger partial charge in [0.05, 0.1) is 18.5 Å². The summed E-state index contributed by atoms with van der Waals surface area (Å²) in [6, 6.07) is 12.4. The number of benzene rings is 2. The molecule has 0 aliphatic carbocycles. The molecule has 28 heavy (non-hydrogen) atoms. The Morgan fingerprint density at radius 3 is 2.96 bits per heavy atom. The first-order valence-corrected chi connectivity index (χ1v) is 9.35. The average Bonchev–Trinajstić information content (AvgIpc) is 3.07. The molecule has 0 bridgehead atoms. The number of methoxy groups -OCH3 is 1. The van der Waals surface area contributed by atoms with E-state index in [-0.39, 0.29) is 18.4 Å². The summed E-state index contributed by atoms with van der Waals surface area (Å²) in [5.74, 6) is 0.793. The monoisotopic (exact) mass is 395 g/mol. The van der Waals surface area contributed by atoms with Crippen LogP contribution in [0.3, 0.4) is 0 Å². The van der Waals surface area contributed by atoms with Gasteiger partial charge in [-0.3, -0.25) is 14.9 Å². The van der Waals surface area contributed by atoms with E-state index in [1.54, 1.807) is 37.4 Å². The molecule has 3 aromatic rings. The van der Waals surface area contributed by atoms with Crippen molar-refractivity contribution in [3.63, 3.8) is 0 Å². The van der Waals surface area contributed by atoms with Crippen molar-refractivity contribution in [2.75, 3.05) is 24.4 Å². The first-order valence-electron chi connectivity index (χ1n) is 8.53. The number of rotatable bonds is 4. The average molecular weight is 395 g/mol. The molecule has 0 atom stereocenters. The molecule has 2 aromatic carbocycles. The van der Waals surface area contributed by atoms with Crippen molar-refractivity contribution in [3.05, 3.63) is 52.9 Å². The molecule has 1 aliphatic heterocycles. The molecule has 2 N–H and O–H groups in total. The Balaban J connectivity index is 1.58. The number of nitrogens with one attached hydrogen (secondary N) is 2. The van der Waals surface area contributed by atoms with Gasteiger partial charge in [0.1, 0.15) is 11.5 Å². The number of hydrogen-bond acceptors (Lipinski definition) is 6. The Hall–Kier alpha value is -3.39. The Kier molecular flexibility index (Phi) is 4.70. The maximum absolute atomic E-state index is 12.5. The lowest BCUT2D eigenvalue weighted by Crippen LogP contribution is -2.25. The van der Waals surface area contributed by atoms with Crippen molar-refractivity contribution in [2.24, 2.45) is 0 Å². The SMILES string of the molecule is COc1cccc(C(=O)Nc2nc(-c3ccc4c(c3)NC(=O)CO4)c(C)s2)c1. The van der Waals surface area contributed by atoms with Crippen molar-refractivity contribution in [2.45, 2.75) is 6.92 Å². The van der Waals surface area contributed by atoms with Gasteiger partial charge < -0.3 is 14.8 Å². The van der Waals surface area contributed by atoms with Gasteiger partial charge in [-0.25, -0.2) is 4.98 Å². The van der Waals surface area contributed by atoms with Gasteiger partial charge in [0.15, 0.2) is 11.7 Å². The van der Waals surface area contributed by atoms with Crippen LogP contribution in [0.5, 0.6) is 11.5 Å². The number of hydrogen-bond donors (Lipinski definition) is 2. The maximum atomic E-state index is 12.5. The zero-order chi connectivity index (χ0) is 19.7. The van der Waals surface area contributed by atoms with Crippen LogP contribution in [0.2, 0.25) is 0 Å². The van der Waals surface area contributed by atoms with E-state index < -0.39 is 0 Å². The minimum absolute atomic E-state index is 0.0164. The third-order valence-corrected chi connectivity index (χ3v) is 5.12. The lowest BCUT2D eigenvalue weighted by Gasteiger charge is -2.18. The van der Waals surface area contributed by atoms with E-state index in [1.165, 1.54) is 11.3 Å². The van der Waals surface area contributed by atoms with E-state index in [0.717, 1.165) is 16.1 Å². The Labute approximate surface area is 165 Å². The molecular formula is C20H17N3O4S. The summed E-state index contributed by atoms with van der Waals surface area (Å²) in [7, 11) is 1.56. The van der Waals surface area contributed by atoms with E-state index in [9.17, 15) is 9.59 Å². The normalized spacial score (nSPS) is 12.6. The van der Waals surface area contributed by atoms with E-state index in [0.29, 0.717) is 27.9 Å². The number of aromatic nitrogens is 1. The number of aryl methyl sites for hydroxylation is 1. The van der Waals surface area contributed by atoms with Gasteiger partial charge >= 0.3 is 0 Å². The van der Waals surface area contributed by atoms with Crippen LogP contribution >= 0.6 is 11.3 Å². The summed E-state index contributed by atoms with van der Waals surface area (Å²) >= 11 is 1.39. The Bertz CT molecular complexity index is 1080.